The summed E-state index contributed by atoms with van der Waals surface area (Å²) in [5.41, 5.74) is 0.952. The summed E-state index contributed by atoms with van der Waals surface area (Å²) in [6, 6.07) is 4.40. The van der Waals surface area contributed by atoms with Crippen molar-refractivity contribution < 1.29 is 24.2 Å². The van der Waals surface area contributed by atoms with Crippen LogP contribution in [0.25, 0.3) is 0 Å². The van der Waals surface area contributed by atoms with Gasteiger partial charge in [0.15, 0.2) is 0 Å². The zero-order valence-corrected chi connectivity index (χ0v) is 9.69. The molecule has 0 amide bonds. The van der Waals surface area contributed by atoms with Crippen molar-refractivity contribution in [3.05, 3.63) is 29.3 Å². The van der Waals surface area contributed by atoms with Gasteiger partial charge in [0.05, 0.1) is 27.1 Å². The molecule has 0 radical (unpaired) electrons. The number of rotatable bonds is 4. The van der Waals surface area contributed by atoms with Crippen molar-refractivity contribution in [2.75, 3.05) is 14.2 Å². The Bertz CT molecular complexity index is 425. The highest BCUT2D eigenvalue weighted by Gasteiger charge is 2.07. The summed E-state index contributed by atoms with van der Waals surface area (Å²) in [5.74, 6) is -1.13. The summed E-state index contributed by atoms with van der Waals surface area (Å²) in [5, 5.41) is 11.5. The maximum Gasteiger partial charge on any atom is 0.309 e. The first-order valence-corrected chi connectivity index (χ1v) is 4.99. The van der Waals surface area contributed by atoms with E-state index in [-0.39, 0.29) is 18.6 Å². The summed E-state index contributed by atoms with van der Waals surface area (Å²) >= 11 is 0. The molecule has 92 valence electrons. The molecular weight excluding hydrogens is 224 g/mol. The Hall–Kier alpha value is -2.04. The summed E-state index contributed by atoms with van der Waals surface area (Å²) in [4.78, 5) is 22.1. The normalized spacial score (nSPS) is 9.76. The van der Waals surface area contributed by atoms with E-state index < -0.39 is 11.9 Å². The van der Waals surface area contributed by atoms with Gasteiger partial charge in [-0.15, -0.1) is 5.75 Å². The fourth-order valence-corrected chi connectivity index (χ4v) is 1.35. The summed E-state index contributed by atoms with van der Waals surface area (Å²) in [6.45, 7) is 0. The van der Waals surface area contributed by atoms with Crippen molar-refractivity contribution in [2.45, 2.75) is 12.8 Å². The molecule has 1 aromatic rings. The van der Waals surface area contributed by atoms with E-state index in [9.17, 15) is 14.7 Å². The van der Waals surface area contributed by atoms with Gasteiger partial charge in [0.25, 0.3) is 0 Å². The number of benzene rings is 1. The SMILES string of the molecule is COC(=O)Cc1ccc([O-])c(CC(=O)OC)c1. The first kappa shape index (κ1) is 13.0. The van der Waals surface area contributed by atoms with Crippen LogP contribution in [0.15, 0.2) is 18.2 Å². The van der Waals surface area contributed by atoms with Gasteiger partial charge in [0, 0.05) is 0 Å². The third kappa shape index (κ3) is 3.79. The van der Waals surface area contributed by atoms with E-state index in [4.69, 9.17) is 0 Å². The van der Waals surface area contributed by atoms with Gasteiger partial charge in [0.1, 0.15) is 0 Å². The minimum absolute atomic E-state index is 0.0744. The van der Waals surface area contributed by atoms with Crippen LogP contribution in [0.2, 0.25) is 0 Å². The average molecular weight is 237 g/mol. The van der Waals surface area contributed by atoms with Crippen molar-refractivity contribution >= 4 is 11.9 Å². The van der Waals surface area contributed by atoms with Crippen LogP contribution in [0.4, 0.5) is 0 Å². The molecule has 17 heavy (non-hydrogen) atoms. The molecule has 0 bridgehead atoms. The molecule has 1 aromatic carbocycles. The Balaban J connectivity index is 2.86. The zero-order valence-electron chi connectivity index (χ0n) is 9.69. The van der Waals surface area contributed by atoms with Crippen LogP contribution in [-0.2, 0) is 31.9 Å². The lowest BCUT2D eigenvalue weighted by atomic mass is 10.0. The average Bonchev–Trinajstić information content (AvgIpc) is 2.33. The van der Waals surface area contributed by atoms with E-state index >= 15 is 0 Å². The number of hydrogen-bond acceptors (Lipinski definition) is 5. The molecule has 0 saturated heterocycles. The molecule has 0 saturated carbocycles. The van der Waals surface area contributed by atoms with Gasteiger partial charge in [-0.3, -0.25) is 9.59 Å². The smallest absolute Gasteiger partial charge is 0.309 e. The lowest BCUT2D eigenvalue weighted by Gasteiger charge is -2.13. The molecule has 0 atom stereocenters. The molecule has 0 heterocycles. The molecule has 1 rings (SSSR count). The van der Waals surface area contributed by atoms with Gasteiger partial charge in [0.2, 0.25) is 0 Å². The Labute approximate surface area is 99.0 Å². The lowest BCUT2D eigenvalue weighted by molar-refractivity contribution is -0.269. The maximum absolute atomic E-state index is 11.5. The standard InChI is InChI=1S/C12H14O5/c1-16-11(14)6-8-3-4-10(13)9(5-8)7-12(15)17-2/h3-5,13H,6-7H2,1-2H3/p-1. The first-order valence-electron chi connectivity index (χ1n) is 4.99. The van der Waals surface area contributed by atoms with Crippen LogP contribution in [0, 0.1) is 0 Å². The molecule has 0 aliphatic heterocycles. The predicted molar refractivity (Wildman–Crippen MR) is 57.3 cm³/mol. The Morgan fingerprint density at radius 2 is 1.71 bits per heavy atom. The predicted octanol–water partition coefficient (Wildman–Crippen LogP) is 0.191. The lowest BCUT2D eigenvalue weighted by Crippen LogP contribution is -2.09. The largest absolute Gasteiger partial charge is 0.872 e. The van der Waals surface area contributed by atoms with Crippen molar-refractivity contribution in [3.63, 3.8) is 0 Å². The van der Waals surface area contributed by atoms with Gasteiger partial charge < -0.3 is 14.6 Å². The number of carbonyl (C=O) groups excluding carboxylic acids is 2. The van der Waals surface area contributed by atoms with Gasteiger partial charge in [-0.1, -0.05) is 18.2 Å². The molecule has 5 heteroatoms. The maximum atomic E-state index is 11.5. The number of hydrogen-bond donors (Lipinski definition) is 0. The summed E-state index contributed by atoms with van der Waals surface area (Å²) < 4.78 is 9.00. The van der Waals surface area contributed by atoms with Gasteiger partial charge in [-0.2, -0.15) is 0 Å². The highest BCUT2D eigenvalue weighted by Crippen LogP contribution is 2.17. The molecule has 0 aliphatic rings. The molecule has 0 fully saturated rings. The monoisotopic (exact) mass is 237 g/mol. The minimum Gasteiger partial charge on any atom is -0.872 e. The van der Waals surface area contributed by atoms with Crippen LogP contribution in [-0.4, -0.2) is 26.2 Å². The second kappa shape index (κ2) is 5.89. The van der Waals surface area contributed by atoms with Crippen LogP contribution >= 0.6 is 0 Å². The fourth-order valence-electron chi connectivity index (χ4n) is 1.35. The van der Waals surface area contributed by atoms with E-state index in [0.29, 0.717) is 11.1 Å². The van der Waals surface area contributed by atoms with Crippen LogP contribution in [0.3, 0.4) is 0 Å². The van der Waals surface area contributed by atoms with Crippen molar-refractivity contribution in [3.8, 4) is 5.75 Å². The van der Waals surface area contributed by atoms with Gasteiger partial charge in [-0.25, -0.2) is 0 Å². The fraction of sp³-hybridized carbons (Fsp3) is 0.333. The van der Waals surface area contributed by atoms with Gasteiger partial charge in [-0.05, 0) is 11.1 Å². The third-order valence-corrected chi connectivity index (χ3v) is 2.26. The third-order valence-electron chi connectivity index (χ3n) is 2.26. The molecular formula is C12H13O5-. The second-order valence-corrected chi connectivity index (χ2v) is 3.45. The summed E-state index contributed by atoms with van der Waals surface area (Å²) in [7, 11) is 2.55. The molecule has 0 unspecified atom stereocenters. The molecule has 0 spiro atoms. The number of ether oxygens (including phenoxy) is 2. The molecule has 0 aromatic heterocycles. The van der Waals surface area contributed by atoms with Crippen LogP contribution in [0.1, 0.15) is 11.1 Å². The zero-order chi connectivity index (χ0) is 12.8. The molecule has 0 N–H and O–H groups in total. The van der Waals surface area contributed by atoms with Crippen molar-refractivity contribution in [1.29, 1.82) is 0 Å². The minimum atomic E-state index is -0.489. The summed E-state index contributed by atoms with van der Waals surface area (Å²) in [6.07, 6.45) is -0.0186. The van der Waals surface area contributed by atoms with Gasteiger partial charge >= 0.3 is 11.9 Å². The number of carbonyl (C=O) groups is 2. The van der Waals surface area contributed by atoms with E-state index in [1.165, 1.54) is 26.4 Å². The Morgan fingerprint density at radius 3 is 2.29 bits per heavy atom. The number of methoxy groups -OCH3 is 2. The molecule has 5 nitrogen and oxygen atoms in total. The van der Waals surface area contributed by atoms with E-state index in [1.807, 2.05) is 0 Å². The van der Waals surface area contributed by atoms with E-state index in [2.05, 4.69) is 9.47 Å². The quantitative estimate of drug-likeness (QED) is 0.699. The Morgan fingerprint density at radius 1 is 1.12 bits per heavy atom. The number of esters is 2. The second-order valence-electron chi connectivity index (χ2n) is 3.45. The Kier molecular flexibility index (Phi) is 4.51. The highest BCUT2D eigenvalue weighted by atomic mass is 16.5. The topological polar surface area (TPSA) is 75.7 Å². The van der Waals surface area contributed by atoms with Crippen LogP contribution in [0.5, 0.6) is 5.75 Å². The van der Waals surface area contributed by atoms with Crippen molar-refractivity contribution in [1.82, 2.24) is 0 Å². The highest BCUT2D eigenvalue weighted by molar-refractivity contribution is 5.75. The van der Waals surface area contributed by atoms with E-state index in [1.54, 1.807) is 6.07 Å². The van der Waals surface area contributed by atoms with E-state index in [0.717, 1.165) is 0 Å². The first-order chi connectivity index (χ1) is 8.06. The molecule has 0 aliphatic carbocycles. The van der Waals surface area contributed by atoms with Crippen molar-refractivity contribution in [2.24, 2.45) is 0 Å². The van der Waals surface area contributed by atoms with Crippen LogP contribution < -0.4 is 5.11 Å².